The van der Waals surface area contributed by atoms with Crippen LogP contribution in [0.3, 0.4) is 0 Å². The number of hydrogen-bond donors (Lipinski definition) is 0. The van der Waals surface area contributed by atoms with E-state index >= 15 is 0 Å². The van der Waals surface area contributed by atoms with E-state index in [4.69, 9.17) is 4.42 Å². The summed E-state index contributed by atoms with van der Waals surface area (Å²) in [6.07, 6.45) is 0. The van der Waals surface area contributed by atoms with Gasteiger partial charge in [-0.3, -0.25) is 0 Å². The molecule has 0 saturated heterocycles. The van der Waals surface area contributed by atoms with E-state index in [1.807, 2.05) is 6.07 Å². The molecule has 0 radical (unpaired) electrons. The van der Waals surface area contributed by atoms with Crippen molar-refractivity contribution in [3.63, 3.8) is 0 Å². The molecule has 3 nitrogen and oxygen atoms in total. The Balaban J connectivity index is 1.24. The topological polar surface area (TPSA) is 21.3 Å². The Hall–Kier alpha value is -6.84. The van der Waals surface area contributed by atoms with Crippen molar-refractivity contribution in [2.45, 2.75) is 0 Å². The molecule has 0 fully saturated rings. The van der Waals surface area contributed by atoms with Crippen molar-refractivity contribution in [3.05, 3.63) is 182 Å². The fourth-order valence-corrected chi connectivity index (χ4v) is 8.31. The summed E-state index contributed by atoms with van der Waals surface area (Å²) in [5, 5.41) is 12.1. The monoisotopic (exact) mass is 650 g/mol. The molecule has 51 heavy (non-hydrogen) atoms. The Bertz CT molecular complexity index is 3150. The van der Waals surface area contributed by atoms with E-state index in [-0.39, 0.29) is 0 Å². The molecular formula is C48H30N2O. The zero-order chi connectivity index (χ0) is 33.5. The van der Waals surface area contributed by atoms with Crippen LogP contribution >= 0.6 is 0 Å². The third-order valence-corrected chi connectivity index (χ3v) is 10.5. The quantitative estimate of drug-likeness (QED) is 0.177. The maximum Gasteiger partial charge on any atom is 0.159 e. The molecule has 2 aromatic heterocycles. The van der Waals surface area contributed by atoms with Gasteiger partial charge in [-0.2, -0.15) is 0 Å². The molecule has 0 unspecified atom stereocenters. The highest BCUT2D eigenvalue weighted by atomic mass is 16.3. The maximum atomic E-state index is 6.72. The third-order valence-electron chi connectivity index (χ3n) is 10.5. The highest BCUT2D eigenvalue weighted by Gasteiger charge is 2.23. The minimum absolute atomic E-state index is 0.869. The normalized spacial score (nSPS) is 11.9. The molecule has 0 atom stereocenters. The van der Waals surface area contributed by atoms with Crippen molar-refractivity contribution in [3.8, 4) is 5.69 Å². The van der Waals surface area contributed by atoms with Crippen molar-refractivity contribution in [2.24, 2.45) is 0 Å². The van der Waals surface area contributed by atoms with Gasteiger partial charge in [0.2, 0.25) is 0 Å². The number of hydrogen-bond acceptors (Lipinski definition) is 2. The minimum atomic E-state index is 0.869. The van der Waals surface area contributed by atoms with Gasteiger partial charge in [0.25, 0.3) is 0 Å². The number of aromatic nitrogens is 1. The molecule has 0 spiro atoms. The average Bonchev–Trinajstić information content (AvgIpc) is 3.74. The van der Waals surface area contributed by atoms with E-state index < -0.39 is 0 Å². The number of furan rings is 1. The van der Waals surface area contributed by atoms with Gasteiger partial charge in [-0.15, -0.1) is 0 Å². The fourth-order valence-electron chi connectivity index (χ4n) is 8.31. The van der Waals surface area contributed by atoms with Crippen molar-refractivity contribution in [1.82, 2.24) is 4.57 Å². The Morgan fingerprint density at radius 3 is 1.96 bits per heavy atom. The van der Waals surface area contributed by atoms with Crippen LogP contribution in [0.2, 0.25) is 0 Å². The van der Waals surface area contributed by atoms with Gasteiger partial charge in [-0.05, 0) is 81.5 Å². The molecule has 0 saturated carbocycles. The molecule has 11 rings (SSSR count). The maximum absolute atomic E-state index is 6.72. The molecule has 2 heterocycles. The SMILES string of the molecule is c1ccc(-n2c3ccccc3c3cc(N(c4cccc5c4ccc4ccc6ccccc6c45)c4cccc5c4oc4ccccc45)ccc32)cc1. The van der Waals surface area contributed by atoms with Crippen molar-refractivity contribution in [1.29, 1.82) is 0 Å². The Kier molecular flexibility index (Phi) is 5.96. The second kappa shape index (κ2) is 10.8. The highest BCUT2D eigenvalue weighted by Crippen LogP contribution is 2.47. The smallest absolute Gasteiger partial charge is 0.159 e. The summed E-state index contributed by atoms with van der Waals surface area (Å²) in [4.78, 5) is 2.40. The minimum Gasteiger partial charge on any atom is -0.454 e. The van der Waals surface area contributed by atoms with Gasteiger partial charge in [0, 0.05) is 38.3 Å². The van der Waals surface area contributed by atoms with Crippen molar-refractivity contribution in [2.75, 3.05) is 4.90 Å². The van der Waals surface area contributed by atoms with Gasteiger partial charge in [0.15, 0.2) is 5.58 Å². The number of anilines is 3. The summed E-state index contributed by atoms with van der Waals surface area (Å²) in [7, 11) is 0. The van der Waals surface area contributed by atoms with Gasteiger partial charge < -0.3 is 13.9 Å². The zero-order valence-corrected chi connectivity index (χ0v) is 27.6. The molecule has 0 N–H and O–H groups in total. The van der Waals surface area contributed by atoms with Gasteiger partial charge in [-0.25, -0.2) is 0 Å². The summed E-state index contributed by atoms with van der Waals surface area (Å²) < 4.78 is 9.09. The lowest BCUT2D eigenvalue weighted by Crippen LogP contribution is -2.11. The zero-order valence-electron chi connectivity index (χ0n) is 27.6. The third kappa shape index (κ3) is 4.12. The van der Waals surface area contributed by atoms with E-state index in [2.05, 4.69) is 185 Å². The number of nitrogens with zero attached hydrogens (tertiary/aromatic N) is 2. The number of benzene rings is 9. The summed E-state index contributed by atoms with van der Waals surface area (Å²) in [6, 6.07) is 65.5. The lowest BCUT2D eigenvalue weighted by atomic mass is 9.95. The molecule has 3 heteroatoms. The van der Waals surface area contributed by atoms with E-state index in [0.717, 1.165) is 44.7 Å². The fraction of sp³-hybridized carbons (Fsp3) is 0. The van der Waals surface area contributed by atoms with Gasteiger partial charge in [-0.1, -0.05) is 127 Å². The largest absolute Gasteiger partial charge is 0.454 e. The van der Waals surface area contributed by atoms with Crippen molar-refractivity contribution >= 4 is 93.1 Å². The first kappa shape index (κ1) is 28.0. The molecule has 0 aliphatic carbocycles. The van der Waals surface area contributed by atoms with Gasteiger partial charge in [0.05, 0.1) is 22.4 Å². The number of rotatable bonds is 4. The lowest BCUT2D eigenvalue weighted by Gasteiger charge is -2.27. The van der Waals surface area contributed by atoms with E-state index in [9.17, 15) is 0 Å². The molecule has 0 amide bonds. The Morgan fingerprint density at radius 1 is 0.392 bits per heavy atom. The van der Waals surface area contributed by atoms with Crippen LogP contribution in [0.4, 0.5) is 17.1 Å². The highest BCUT2D eigenvalue weighted by molar-refractivity contribution is 6.23. The second-order valence-electron chi connectivity index (χ2n) is 13.3. The first-order valence-corrected chi connectivity index (χ1v) is 17.4. The van der Waals surface area contributed by atoms with E-state index in [1.165, 1.54) is 54.1 Å². The molecule has 0 bridgehead atoms. The second-order valence-corrected chi connectivity index (χ2v) is 13.3. The average molecular weight is 651 g/mol. The van der Waals surface area contributed by atoms with Crippen LogP contribution < -0.4 is 4.90 Å². The summed E-state index contributed by atoms with van der Waals surface area (Å²) in [5.41, 5.74) is 8.42. The van der Waals surface area contributed by atoms with E-state index in [0.29, 0.717) is 0 Å². The van der Waals surface area contributed by atoms with Crippen LogP contribution in [0.25, 0.3) is 81.7 Å². The Labute approximate surface area is 293 Å². The molecule has 0 aliphatic rings. The number of fused-ring (bicyclic) bond motifs is 11. The van der Waals surface area contributed by atoms with Crippen LogP contribution in [0, 0.1) is 0 Å². The van der Waals surface area contributed by atoms with E-state index in [1.54, 1.807) is 0 Å². The summed E-state index contributed by atoms with van der Waals surface area (Å²) in [5.74, 6) is 0. The Morgan fingerprint density at radius 2 is 1.06 bits per heavy atom. The van der Waals surface area contributed by atoms with Crippen LogP contribution in [-0.4, -0.2) is 4.57 Å². The van der Waals surface area contributed by atoms with Crippen LogP contribution in [-0.2, 0) is 0 Å². The summed E-state index contributed by atoms with van der Waals surface area (Å²) in [6.45, 7) is 0. The standard InChI is InChI=1S/C48H30N2O/c1-2-13-33(14-3-1)49-42-20-8-6-16-36(42)41-30-34(27-29-44(41)49)50(45-22-11-19-40-38-17-7-9-23-46(38)51-48(40)45)43-21-10-18-39-37(43)28-26-32-25-24-31-12-4-5-15-35(31)47(32)39/h1-30H. The lowest BCUT2D eigenvalue weighted by molar-refractivity contribution is 0.669. The van der Waals surface area contributed by atoms with Gasteiger partial charge >= 0.3 is 0 Å². The molecular weight excluding hydrogens is 621 g/mol. The first-order valence-electron chi connectivity index (χ1n) is 17.4. The molecule has 9 aromatic carbocycles. The molecule has 0 aliphatic heterocycles. The molecule has 238 valence electrons. The number of para-hydroxylation sites is 4. The van der Waals surface area contributed by atoms with Crippen LogP contribution in [0.15, 0.2) is 186 Å². The van der Waals surface area contributed by atoms with Crippen LogP contribution in [0.1, 0.15) is 0 Å². The predicted octanol–water partition coefficient (Wildman–Crippen LogP) is 13.6. The first-order chi connectivity index (χ1) is 25.3. The van der Waals surface area contributed by atoms with Gasteiger partial charge in [0.1, 0.15) is 5.58 Å². The van der Waals surface area contributed by atoms with Crippen molar-refractivity contribution < 1.29 is 4.42 Å². The van der Waals surface area contributed by atoms with Crippen LogP contribution in [0.5, 0.6) is 0 Å². The predicted molar refractivity (Wildman–Crippen MR) is 215 cm³/mol. The molecule has 11 aromatic rings. The summed E-state index contributed by atoms with van der Waals surface area (Å²) >= 11 is 0.